The molecule has 4 aromatic rings. The topological polar surface area (TPSA) is 167 Å². The van der Waals surface area contributed by atoms with Gasteiger partial charge in [-0.25, -0.2) is 14.8 Å². The van der Waals surface area contributed by atoms with E-state index in [0.717, 1.165) is 78.9 Å². The Balaban J connectivity index is 0.935. The summed E-state index contributed by atoms with van der Waals surface area (Å²) in [6.45, 7) is 9.45. The summed E-state index contributed by atoms with van der Waals surface area (Å²) in [4.78, 5) is 59.5. The second-order valence-electron chi connectivity index (χ2n) is 15.6. The Morgan fingerprint density at radius 3 is 2.13 bits per heavy atom. The Hall–Kier alpha value is -4.79. The molecule has 0 spiro atoms. The van der Waals surface area contributed by atoms with Gasteiger partial charge in [-0.2, -0.15) is 0 Å². The van der Waals surface area contributed by atoms with Gasteiger partial charge in [-0.15, -0.1) is 0 Å². The Bertz CT molecular complexity index is 1950. The molecule has 4 atom stereocenters. The van der Waals surface area contributed by atoms with Crippen molar-refractivity contribution in [3.8, 4) is 11.3 Å². The molecule has 0 saturated carbocycles. The number of rotatable bonds is 14. The maximum absolute atomic E-state index is 13.6. The van der Waals surface area contributed by atoms with Gasteiger partial charge in [0.15, 0.2) is 6.79 Å². The number of carbonyl (C=O) groups excluding carboxylic acids is 3. The van der Waals surface area contributed by atoms with Crippen molar-refractivity contribution in [2.45, 2.75) is 103 Å². The van der Waals surface area contributed by atoms with Crippen LogP contribution in [0.1, 0.15) is 94.7 Å². The average Bonchev–Trinajstić information content (AvgIpc) is 3.99. The molecule has 55 heavy (non-hydrogen) atoms. The molecule has 2 aromatic heterocycles. The van der Waals surface area contributed by atoms with Crippen LogP contribution in [0.15, 0.2) is 48.7 Å². The minimum absolute atomic E-state index is 0.0459. The van der Waals surface area contributed by atoms with Crippen LogP contribution in [0.4, 0.5) is 4.79 Å². The summed E-state index contributed by atoms with van der Waals surface area (Å²) in [6.07, 6.45) is 7.05. The van der Waals surface area contributed by atoms with Gasteiger partial charge < -0.3 is 39.3 Å². The quantitative estimate of drug-likeness (QED) is 0.126. The van der Waals surface area contributed by atoms with Crippen molar-refractivity contribution < 1.29 is 28.6 Å². The number of alkyl carbamates (subject to hydrolysis) is 1. The number of aryl methyl sites for hydroxylation is 2. The summed E-state index contributed by atoms with van der Waals surface area (Å²) in [6, 6.07) is 13.6. The molecule has 3 amide bonds. The van der Waals surface area contributed by atoms with Gasteiger partial charge in [0.05, 0.1) is 48.2 Å². The maximum Gasteiger partial charge on any atom is 0.407 e. The number of ether oxygens (including phenoxy) is 3. The monoisotopic (exact) mass is 754 g/mol. The van der Waals surface area contributed by atoms with E-state index in [9.17, 15) is 14.4 Å². The molecular weight excluding hydrogens is 701 g/mol. The first kappa shape index (κ1) is 38.5. The molecule has 7 rings (SSSR count). The number of benzene rings is 2. The lowest BCUT2D eigenvalue weighted by atomic mass is 10.0. The Kier molecular flexibility index (Phi) is 11.8. The van der Waals surface area contributed by atoms with E-state index in [0.29, 0.717) is 13.1 Å². The van der Waals surface area contributed by atoms with E-state index >= 15 is 0 Å². The van der Waals surface area contributed by atoms with Crippen LogP contribution in [0, 0.1) is 11.8 Å². The van der Waals surface area contributed by atoms with Gasteiger partial charge in [0, 0.05) is 13.1 Å². The predicted octanol–water partition coefficient (Wildman–Crippen LogP) is 5.74. The van der Waals surface area contributed by atoms with E-state index in [1.54, 1.807) is 0 Å². The lowest BCUT2D eigenvalue weighted by molar-refractivity contribution is -0.335. The number of amides is 3. The molecule has 3 fully saturated rings. The Morgan fingerprint density at radius 1 is 0.855 bits per heavy atom. The fourth-order valence-electron chi connectivity index (χ4n) is 8.00. The standard InChI is InChI=1S/C41H54N8O6/c1-24(2)34(46-40(52)53-5)38(50)49-20-8-12-33(49)37-43-29-18-15-27(21-30(29)44-37)10-6-9-26-13-16-28(17-14-26)31-22-42-36(45-31)32-11-7-19-48(32)39(51)35(25(3)4)47-41-54-23-55-41/h13-18,21-22,24-25,32-35,41,47H,6-12,19-20,23H2,1-5H3,(H,42,45)(H,43,44)(H,46,52)/t32?,33-,34-,35-/m0/s1. The molecule has 0 bridgehead atoms. The Labute approximate surface area is 322 Å². The lowest BCUT2D eigenvalue weighted by Gasteiger charge is -2.35. The van der Waals surface area contributed by atoms with E-state index in [1.165, 1.54) is 18.2 Å². The molecular formula is C41H54N8O6. The molecule has 294 valence electrons. The molecule has 0 radical (unpaired) electrons. The molecule has 0 aliphatic carbocycles. The van der Waals surface area contributed by atoms with Gasteiger partial charge >= 0.3 is 6.09 Å². The highest BCUT2D eigenvalue weighted by molar-refractivity contribution is 5.86. The smallest absolute Gasteiger partial charge is 0.407 e. The van der Waals surface area contributed by atoms with Gasteiger partial charge in [-0.05, 0) is 85.6 Å². The van der Waals surface area contributed by atoms with E-state index in [4.69, 9.17) is 24.2 Å². The molecule has 14 nitrogen and oxygen atoms in total. The molecule has 14 heteroatoms. The van der Waals surface area contributed by atoms with Crippen LogP contribution in [-0.2, 0) is 36.6 Å². The van der Waals surface area contributed by atoms with Crippen LogP contribution in [0.2, 0.25) is 0 Å². The SMILES string of the molecule is COC(=O)N[C@H](C(=O)N1CCC[C@H]1c1nc2ccc(CCCc3ccc(-c4cnc(C5CCCN5C(=O)[C@@H](NC5OCO5)C(C)C)[nH]4)cc3)cc2[nH]1)C(C)C. The summed E-state index contributed by atoms with van der Waals surface area (Å²) in [5.74, 6) is 1.51. The van der Waals surface area contributed by atoms with Crippen LogP contribution in [0.3, 0.4) is 0 Å². The van der Waals surface area contributed by atoms with Gasteiger partial charge in [0.25, 0.3) is 0 Å². The number of hydrogen-bond acceptors (Lipinski definition) is 9. The fourth-order valence-corrected chi connectivity index (χ4v) is 8.00. The zero-order valence-corrected chi connectivity index (χ0v) is 32.5. The first-order chi connectivity index (χ1) is 26.6. The summed E-state index contributed by atoms with van der Waals surface area (Å²) >= 11 is 0. The zero-order valence-electron chi connectivity index (χ0n) is 32.5. The second-order valence-corrected chi connectivity index (χ2v) is 15.6. The highest BCUT2D eigenvalue weighted by Crippen LogP contribution is 2.34. The number of fused-ring (bicyclic) bond motifs is 1. The second kappa shape index (κ2) is 16.9. The molecule has 5 heterocycles. The molecule has 3 saturated heterocycles. The molecule has 3 aliphatic heterocycles. The minimum Gasteiger partial charge on any atom is -0.453 e. The molecule has 3 aliphatic rings. The third kappa shape index (κ3) is 8.56. The first-order valence-corrected chi connectivity index (χ1v) is 19.7. The lowest BCUT2D eigenvalue weighted by Crippen LogP contribution is -2.56. The molecule has 1 unspecified atom stereocenters. The van der Waals surface area contributed by atoms with E-state index in [2.05, 4.69) is 63.1 Å². The summed E-state index contributed by atoms with van der Waals surface area (Å²) in [5, 5.41) is 5.91. The van der Waals surface area contributed by atoms with Crippen molar-refractivity contribution in [1.82, 2.24) is 40.4 Å². The molecule has 4 N–H and O–H groups in total. The van der Waals surface area contributed by atoms with Crippen molar-refractivity contribution in [1.29, 1.82) is 0 Å². The van der Waals surface area contributed by atoms with E-state index in [1.807, 2.05) is 43.7 Å². The average molecular weight is 755 g/mol. The van der Waals surface area contributed by atoms with Gasteiger partial charge in [0.1, 0.15) is 17.7 Å². The van der Waals surface area contributed by atoms with E-state index in [-0.39, 0.29) is 42.5 Å². The number of likely N-dealkylation sites (tertiary alicyclic amines) is 2. The number of hydrogen-bond donors (Lipinski definition) is 4. The van der Waals surface area contributed by atoms with Crippen LogP contribution < -0.4 is 10.6 Å². The van der Waals surface area contributed by atoms with E-state index < -0.39 is 24.6 Å². The van der Waals surface area contributed by atoms with Crippen molar-refractivity contribution in [3.63, 3.8) is 0 Å². The number of carbonyl (C=O) groups is 3. The number of imidazole rings is 2. The summed E-state index contributed by atoms with van der Waals surface area (Å²) in [5.41, 5.74) is 6.32. The van der Waals surface area contributed by atoms with Crippen LogP contribution in [0.5, 0.6) is 0 Å². The number of aromatic amines is 2. The van der Waals surface area contributed by atoms with Crippen LogP contribution in [0.25, 0.3) is 22.3 Å². The minimum atomic E-state index is -0.667. The van der Waals surface area contributed by atoms with Crippen molar-refractivity contribution in [2.24, 2.45) is 11.8 Å². The van der Waals surface area contributed by atoms with Gasteiger partial charge in [-0.1, -0.05) is 58.0 Å². The maximum atomic E-state index is 13.6. The third-order valence-electron chi connectivity index (χ3n) is 11.1. The van der Waals surface area contributed by atoms with Gasteiger partial charge in [0.2, 0.25) is 18.2 Å². The fraction of sp³-hybridized carbons (Fsp3) is 0.537. The normalized spacial score (nSPS) is 20.0. The van der Waals surface area contributed by atoms with Crippen molar-refractivity contribution in [3.05, 3.63) is 71.4 Å². The van der Waals surface area contributed by atoms with Crippen molar-refractivity contribution >= 4 is 28.9 Å². The first-order valence-electron chi connectivity index (χ1n) is 19.7. The third-order valence-corrected chi connectivity index (χ3v) is 11.1. The summed E-state index contributed by atoms with van der Waals surface area (Å²) < 4.78 is 15.5. The highest BCUT2D eigenvalue weighted by atomic mass is 16.9. The van der Waals surface area contributed by atoms with Gasteiger partial charge in [-0.3, -0.25) is 14.9 Å². The van der Waals surface area contributed by atoms with Crippen LogP contribution >= 0.6 is 0 Å². The number of aromatic nitrogens is 4. The number of nitrogens with zero attached hydrogens (tertiary/aromatic N) is 4. The van der Waals surface area contributed by atoms with Crippen LogP contribution in [-0.4, -0.2) is 93.1 Å². The zero-order chi connectivity index (χ0) is 38.6. The largest absolute Gasteiger partial charge is 0.453 e. The number of H-pyrrole nitrogens is 2. The number of methoxy groups -OCH3 is 1. The summed E-state index contributed by atoms with van der Waals surface area (Å²) in [7, 11) is 1.30. The molecule has 2 aromatic carbocycles. The Morgan fingerprint density at radius 2 is 1.49 bits per heavy atom. The highest BCUT2D eigenvalue weighted by Gasteiger charge is 2.39. The number of nitrogens with one attached hydrogen (secondary N) is 4. The van der Waals surface area contributed by atoms with Crippen molar-refractivity contribution in [2.75, 3.05) is 27.0 Å². The predicted molar refractivity (Wildman–Crippen MR) is 206 cm³/mol.